The van der Waals surface area contributed by atoms with E-state index in [0.717, 1.165) is 5.56 Å². The molecule has 1 N–H and O–H groups in total. The normalized spacial score (nSPS) is 11.2. The van der Waals surface area contributed by atoms with E-state index in [0.29, 0.717) is 18.7 Å². The summed E-state index contributed by atoms with van der Waals surface area (Å²) in [5.41, 5.74) is 1.33. The summed E-state index contributed by atoms with van der Waals surface area (Å²) in [5, 5.41) is 7.05. The number of nitrogens with zero attached hydrogens (tertiary/aromatic N) is 3. The molecular formula is C19H26N4O2. The van der Waals surface area contributed by atoms with Gasteiger partial charge in [0, 0.05) is 30.0 Å². The zero-order chi connectivity index (χ0) is 18.4. The third-order valence-corrected chi connectivity index (χ3v) is 3.62. The van der Waals surface area contributed by atoms with Crippen molar-refractivity contribution >= 4 is 11.8 Å². The number of carbonyl (C=O) groups excluding carboxylic acids is 2. The SMILES string of the molecule is CCN(CC(=O)NC(C)(C)C)C(=O)c1ccc(Cn2cccn2)cc1. The number of rotatable bonds is 6. The smallest absolute Gasteiger partial charge is 0.254 e. The van der Waals surface area contributed by atoms with Gasteiger partial charge in [-0.15, -0.1) is 0 Å². The fraction of sp³-hybridized carbons (Fsp3) is 0.421. The van der Waals surface area contributed by atoms with Gasteiger partial charge < -0.3 is 10.2 Å². The molecule has 0 spiro atoms. The van der Waals surface area contributed by atoms with Crippen molar-refractivity contribution in [2.24, 2.45) is 0 Å². The summed E-state index contributed by atoms with van der Waals surface area (Å²) >= 11 is 0. The highest BCUT2D eigenvalue weighted by atomic mass is 16.2. The molecule has 1 aromatic heterocycles. The van der Waals surface area contributed by atoms with Crippen molar-refractivity contribution in [1.82, 2.24) is 20.0 Å². The van der Waals surface area contributed by atoms with E-state index >= 15 is 0 Å². The van der Waals surface area contributed by atoms with Crippen LogP contribution in [0.1, 0.15) is 43.6 Å². The average molecular weight is 342 g/mol. The molecule has 0 saturated heterocycles. The van der Waals surface area contributed by atoms with Crippen LogP contribution in [-0.4, -0.2) is 45.1 Å². The van der Waals surface area contributed by atoms with Gasteiger partial charge in [-0.3, -0.25) is 14.3 Å². The molecule has 1 aromatic carbocycles. The van der Waals surface area contributed by atoms with Gasteiger partial charge in [-0.1, -0.05) is 12.1 Å². The molecule has 2 aromatic rings. The average Bonchev–Trinajstić information content (AvgIpc) is 3.04. The van der Waals surface area contributed by atoms with Crippen LogP contribution in [0.2, 0.25) is 0 Å². The van der Waals surface area contributed by atoms with E-state index in [1.807, 2.05) is 56.8 Å². The number of aromatic nitrogens is 2. The summed E-state index contributed by atoms with van der Waals surface area (Å²) in [7, 11) is 0. The highest BCUT2D eigenvalue weighted by molar-refractivity contribution is 5.96. The van der Waals surface area contributed by atoms with Crippen LogP contribution >= 0.6 is 0 Å². The topological polar surface area (TPSA) is 67.2 Å². The molecule has 0 atom stereocenters. The van der Waals surface area contributed by atoms with Gasteiger partial charge in [0.15, 0.2) is 0 Å². The third kappa shape index (κ3) is 5.74. The summed E-state index contributed by atoms with van der Waals surface area (Å²) < 4.78 is 1.83. The van der Waals surface area contributed by atoms with Crippen LogP contribution in [0.3, 0.4) is 0 Å². The molecule has 1 heterocycles. The first-order valence-corrected chi connectivity index (χ1v) is 8.45. The Balaban J connectivity index is 2.00. The lowest BCUT2D eigenvalue weighted by molar-refractivity contribution is -0.123. The number of nitrogens with one attached hydrogen (secondary N) is 1. The molecule has 6 heteroatoms. The fourth-order valence-corrected chi connectivity index (χ4v) is 2.47. The summed E-state index contributed by atoms with van der Waals surface area (Å²) in [6.07, 6.45) is 3.63. The Hall–Kier alpha value is -2.63. The highest BCUT2D eigenvalue weighted by Gasteiger charge is 2.20. The Morgan fingerprint density at radius 1 is 1.20 bits per heavy atom. The minimum Gasteiger partial charge on any atom is -0.350 e. The van der Waals surface area contributed by atoms with Gasteiger partial charge in [-0.2, -0.15) is 5.10 Å². The van der Waals surface area contributed by atoms with Crippen molar-refractivity contribution in [2.75, 3.05) is 13.1 Å². The minimum atomic E-state index is -0.312. The molecular weight excluding hydrogens is 316 g/mol. The van der Waals surface area contributed by atoms with Gasteiger partial charge in [-0.05, 0) is 51.5 Å². The van der Waals surface area contributed by atoms with Crippen molar-refractivity contribution in [1.29, 1.82) is 0 Å². The molecule has 0 bridgehead atoms. The molecule has 0 fully saturated rings. The first-order valence-electron chi connectivity index (χ1n) is 8.45. The Bertz CT molecular complexity index is 700. The Kier molecular flexibility index (Phi) is 5.96. The molecule has 0 aliphatic rings. The summed E-state index contributed by atoms with van der Waals surface area (Å²) in [6.45, 7) is 8.82. The second-order valence-corrected chi connectivity index (χ2v) is 7.02. The maximum atomic E-state index is 12.6. The van der Waals surface area contributed by atoms with Crippen LogP contribution in [-0.2, 0) is 11.3 Å². The fourth-order valence-electron chi connectivity index (χ4n) is 2.47. The molecule has 0 aliphatic heterocycles. The number of benzene rings is 1. The number of amides is 2. The van der Waals surface area contributed by atoms with Gasteiger partial charge in [0.25, 0.3) is 5.91 Å². The van der Waals surface area contributed by atoms with Crippen molar-refractivity contribution < 1.29 is 9.59 Å². The lowest BCUT2D eigenvalue weighted by Gasteiger charge is -2.25. The van der Waals surface area contributed by atoms with E-state index in [4.69, 9.17) is 0 Å². The zero-order valence-corrected chi connectivity index (χ0v) is 15.3. The second kappa shape index (κ2) is 7.96. The third-order valence-electron chi connectivity index (χ3n) is 3.62. The molecule has 0 unspecified atom stereocenters. The number of likely N-dealkylation sites (N-methyl/N-ethyl adjacent to an activating group) is 1. The van der Waals surface area contributed by atoms with Gasteiger partial charge in [0.05, 0.1) is 13.1 Å². The molecule has 0 saturated carbocycles. The van der Waals surface area contributed by atoms with Crippen molar-refractivity contribution in [2.45, 2.75) is 39.8 Å². The summed E-state index contributed by atoms with van der Waals surface area (Å²) in [4.78, 5) is 26.3. The predicted octanol–water partition coefficient (Wildman–Crippen LogP) is 2.31. The highest BCUT2D eigenvalue weighted by Crippen LogP contribution is 2.09. The van der Waals surface area contributed by atoms with E-state index in [9.17, 15) is 9.59 Å². The summed E-state index contributed by atoms with van der Waals surface area (Å²) in [5.74, 6) is -0.296. The molecule has 6 nitrogen and oxygen atoms in total. The van der Waals surface area contributed by atoms with Gasteiger partial charge in [-0.25, -0.2) is 0 Å². The van der Waals surface area contributed by atoms with E-state index in [1.54, 1.807) is 23.2 Å². The number of hydrogen-bond donors (Lipinski definition) is 1. The van der Waals surface area contributed by atoms with Crippen LogP contribution in [0.5, 0.6) is 0 Å². The van der Waals surface area contributed by atoms with E-state index < -0.39 is 0 Å². The Morgan fingerprint density at radius 3 is 2.40 bits per heavy atom. The van der Waals surface area contributed by atoms with Crippen LogP contribution in [0.25, 0.3) is 0 Å². The quantitative estimate of drug-likeness (QED) is 0.876. The lowest BCUT2D eigenvalue weighted by atomic mass is 10.1. The largest absolute Gasteiger partial charge is 0.350 e. The van der Waals surface area contributed by atoms with E-state index in [-0.39, 0.29) is 23.9 Å². The Morgan fingerprint density at radius 2 is 1.88 bits per heavy atom. The first kappa shape index (κ1) is 18.7. The Labute approximate surface area is 148 Å². The number of hydrogen-bond acceptors (Lipinski definition) is 3. The van der Waals surface area contributed by atoms with Crippen LogP contribution in [0, 0.1) is 0 Å². The monoisotopic (exact) mass is 342 g/mol. The molecule has 2 rings (SSSR count). The van der Waals surface area contributed by atoms with Gasteiger partial charge in [0.1, 0.15) is 0 Å². The second-order valence-electron chi connectivity index (χ2n) is 7.02. The first-order chi connectivity index (χ1) is 11.8. The molecule has 0 aliphatic carbocycles. The minimum absolute atomic E-state index is 0.0572. The summed E-state index contributed by atoms with van der Waals surface area (Å²) in [6, 6.07) is 9.30. The lowest BCUT2D eigenvalue weighted by Crippen LogP contribution is -2.47. The maximum Gasteiger partial charge on any atom is 0.254 e. The van der Waals surface area contributed by atoms with Crippen LogP contribution in [0.4, 0.5) is 0 Å². The maximum absolute atomic E-state index is 12.6. The molecule has 25 heavy (non-hydrogen) atoms. The molecule has 0 radical (unpaired) electrons. The van der Waals surface area contributed by atoms with E-state index in [1.165, 1.54) is 0 Å². The van der Waals surface area contributed by atoms with E-state index in [2.05, 4.69) is 10.4 Å². The van der Waals surface area contributed by atoms with Crippen molar-refractivity contribution in [3.8, 4) is 0 Å². The van der Waals surface area contributed by atoms with Crippen LogP contribution < -0.4 is 5.32 Å². The zero-order valence-electron chi connectivity index (χ0n) is 15.3. The van der Waals surface area contributed by atoms with Crippen LogP contribution in [0.15, 0.2) is 42.7 Å². The molecule has 134 valence electrons. The predicted molar refractivity (Wildman–Crippen MR) is 97.2 cm³/mol. The molecule has 2 amide bonds. The van der Waals surface area contributed by atoms with Crippen molar-refractivity contribution in [3.63, 3.8) is 0 Å². The van der Waals surface area contributed by atoms with Crippen molar-refractivity contribution in [3.05, 3.63) is 53.9 Å². The standard InChI is InChI=1S/C19H26N4O2/c1-5-22(14-17(24)21-19(2,3)4)18(25)16-9-7-15(8-10-16)13-23-12-6-11-20-23/h6-12H,5,13-14H2,1-4H3,(H,21,24). The van der Waals surface area contributed by atoms with Gasteiger partial charge >= 0.3 is 0 Å². The van der Waals surface area contributed by atoms with Gasteiger partial charge in [0.2, 0.25) is 5.91 Å². The number of carbonyl (C=O) groups is 2.